The molecule has 6 fully saturated rings. The summed E-state index contributed by atoms with van der Waals surface area (Å²) in [6, 6.07) is 1.89. The van der Waals surface area contributed by atoms with Crippen molar-refractivity contribution in [2.24, 2.45) is 23.7 Å². The molecule has 2 nitrogen and oxygen atoms in total. The van der Waals surface area contributed by atoms with Gasteiger partial charge < -0.3 is 0 Å². The van der Waals surface area contributed by atoms with Crippen LogP contribution in [0, 0.1) is 23.7 Å². The molecule has 4 bridgehead atoms. The van der Waals surface area contributed by atoms with Crippen LogP contribution in [0.4, 0.5) is 0 Å². The Morgan fingerprint density at radius 1 is 0.619 bits per heavy atom. The lowest BCUT2D eigenvalue weighted by Gasteiger charge is -2.58. The Morgan fingerprint density at radius 3 is 1.90 bits per heavy atom. The van der Waals surface area contributed by atoms with Gasteiger partial charge in [-0.15, -0.1) is 0 Å². The van der Waals surface area contributed by atoms with E-state index in [4.69, 9.17) is 0 Å². The lowest BCUT2D eigenvalue weighted by molar-refractivity contribution is -0.0783. The second-order valence-corrected chi connectivity index (χ2v) is 8.96. The molecule has 2 saturated heterocycles. The van der Waals surface area contributed by atoms with E-state index in [0.29, 0.717) is 0 Å². The van der Waals surface area contributed by atoms with Crippen LogP contribution < -0.4 is 0 Å². The second kappa shape index (κ2) is 5.23. The third-order valence-corrected chi connectivity index (χ3v) is 7.68. The van der Waals surface area contributed by atoms with Crippen molar-refractivity contribution in [3.05, 3.63) is 0 Å². The number of rotatable bonds is 2. The molecule has 118 valence electrons. The first-order valence-electron chi connectivity index (χ1n) is 9.85. The van der Waals surface area contributed by atoms with Gasteiger partial charge in [-0.05, 0) is 101 Å². The highest BCUT2D eigenvalue weighted by Crippen LogP contribution is 2.55. The normalized spacial score (nSPS) is 50.9. The monoisotopic (exact) mass is 288 g/mol. The van der Waals surface area contributed by atoms with E-state index in [2.05, 4.69) is 9.80 Å². The summed E-state index contributed by atoms with van der Waals surface area (Å²) in [5.41, 5.74) is 0. The maximum absolute atomic E-state index is 2.99. The third kappa shape index (κ3) is 2.28. The molecule has 2 heteroatoms. The number of hydrogen-bond donors (Lipinski definition) is 0. The van der Waals surface area contributed by atoms with Crippen molar-refractivity contribution < 1.29 is 0 Å². The fraction of sp³-hybridized carbons (Fsp3) is 1.00. The number of piperidine rings is 1. The SMILES string of the molecule is C1CCN(C2CCCN(C3C4CC5CC(C4)CC3C5)C2)C1. The summed E-state index contributed by atoms with van der Waals surface area (Å²) < 4.78 is 0. The first kappa shape index (κ1) is 13.4. The fourth-order valence-corrected chi connectivity index (χ4v) is 7.15. The zero-order valence-corrected chi connectivity index (χ0v) is 13.6. The number of hydrogen-bond acceptors (Lipinski definition) is 2. The predicted octanol–water partition coefficient (Wildman–Crippen LogP) is 3.37. The van der Waals surface area contributed by atoms with Crippen LogP contribution in [0.15, 0.2) is 0 Å². The summed E-state index contributed by atoms with van der Waals surface area (Å²) in [7, 11) is 0. The topological polar surface area (TPSA) is 6.48 Å². The van der Waals surface area contributed by atoms with E-state index in [1.165, 1.54) is 51.9 Å². The average Bonchev–Trinajstić information content (AvgIpc) is 3.00. The van der Waals surface area contributed by atoms with E-state index in [-0.39, 0.29) is 0 Å². The molecule has 4 aliphatic carbocycles. The van der Waals surface area contributed by atoms with Crippen molar-refractivity contribution in [1.29, 1.82) is 0 Å². The lowest BCUT2D eigenvalue weighted by Crippen LogP contribution is -2.59. The summed E-state index contributed by atoms with van der Waals surface area (Å²) in [5.74, 6) is 4.42. The number of likely N-dealkylation sites (tertiary alicyclic amines) is 2. The third-order valence-electron chi connectivity index (χ3n) is 7.68. The summed E-state index contributed by atoms with van der Waals surface area (Å²) >= 11 is 0. The quantitative estimate of drug-likeness (QED) is 0.768. The average molecular weight is 288 g/mol. The molecule has 4 saturated carbocycles. The molecule has 0 aromatic rings. The van der Waals surface area contributed by atoms with E-state index in [1.807, 2.05) is 0 Å². The molecule has 21 heavy (non-hydrogen) atoms. The fourth-order valence-electron chi connectivity index (χ4n) is 7.15. The zero-order chi connectivity index (χ0) is 13.8. The van der Waals surface area contributed by atoms with Crippen molar-refractivity contribution in [2.75, 3.05) is 26.2 Å². The van der Waals surface area contributed by atoms with Crippen LogP contribution in [0.25, 0.3) is 0 Å². The van der Waals surface area contributed by atoms with Gasteiger partial charge in [0.2, 0.25) is 0 Å². The Labute approximate surface area is 130 Å². The van der Waals surface area contributed by atoms with Gasteiger partial charge in [0.1, 0.15) is 0 Å². The second-order valence-electron chi connectivity index (χ2n) is 8.96. The van der Waals surface area contributed by atoms with Crippen molar-refractivity contribution in [1.82, 2.24) is 9.80 Å². The van der Waals surface area contributed by atoms with Crippen LogP contribution in [-0.4, -0.2) is 48.1 Å². The Kier molecular flexibility index (Phi) is 3.33. The van der Waals surface area contributed by atoms with Gasteiger partial charge in [0.15, 0.2) is 0 Å². The van der Waals surface area contributed by atoms with E-state index in [1.54, 1.807) is 32.1 Å². The van der Waals surface area contributed by atoms with Crippen molar-refractivity contribution in [3.8, 4) is 0 Å². The molecular weight excluding hydrogens is 256 g/mol. The molecule has 0 N–H and O–H groups in total. The molecule has 0 spiro atoms. The highest BCUT2D eigenvalue weighted by molar-refractivity contribution is 5.03. The van der Waals surface area contributed by atoms with E-state index in [9.17, 15) is 0 Å². The maximum Gasteiger partial charge on any atom is 0.0223 e. The highest BCUT2D eigenvalue weighted by Gasteiger charge is 2.50. The first-order valence-corrected chi connectivity index (χ1v) is 9.85. The molecule has 1 unspecified atom stereocenters. The smallest absolute Gasteiger partial charge is 0.0223 e. The van der Waals surface area contributed by atoms with Crippen molar-refractivity contribution in [2.45, 2.75) is 69.9 Å². The lowest BCUT2D eigenvalue weighted by atomic mass is 9.53. The molecule has 0 amide bonds. The first-order chi connectivity index (χ1) is 10.4. The molecule has 1 atom stereocenters. The van der Waals surface area contributed by atoms with Gasteiger partial charge in [-0.3, -0.25) is 9.80 Å². The van der Waals surface area contributed by atoms with Crippen LogP contribution >= 0.6 is 0 Å². The molecule has 2 heterocycles. The molecule has 6 aliphatic rings. The number of nitrogens with zero attached hydrogens (tertiary/aromatic N) is 2. The minimum atomic E-state index is 0.901. The van der Waals surface area contributed by atoms with Gasteiger partial charge in [-0.2, -0.15) is 0 Å². The van der Waals surface area contributed by atoms with Crippen molar-refractivity contribution in [3.63, 3.8) is 0 Å². The predicted molar refractivity (Wildman–Crippen MR) is 86.2 cm³/mol. The van der Waals surface area contributed by atoms with Crippen molar-refractivity contribution >= 4 is 0 Å². The summed E-state index contributed by atoms with van der Waals surface area (Å²) in [6.07, 6.45) is 13.8. The summed E-state index contributed by atoms with van der Waals surface area (Å²) in [5, 5.41) is 0. The van der Waals surface area contributed by atoms with Gasteiger partial charge in [0, 0.05) is 18.6 Å². The largest absolute Gasteiger partial charge is 0.299 e. The Balaban J connectivity index is 1.31. The van der Waals surface area contributed by atoms with Gasteiger partial charge in [0.25, 0.3) is 0 Å². The molecule has 6 rings (SSSR count). The van der Waals surface area contributed by atoms with Gasteiger partial charge in [-0.1, -0.05) is 0 Å². The van der Waals surface area contributed by atoms with Crippen LogP contribution in [0.1, 0.15) is 57.8 Å². The Morgan fingerprint density at radius 2 is 1.24 bits per heavy atom. The zero-order valence-electron chi connectivity index (χ0n) is 13.6. The maximum atomic E-state index is 2.99. The molecule has 0 radical (unpaired) electrons. The van der Waals surface area contributed by atoms with Crippen LogP contribution in [0.5, 0.6) is 0 Å². The summed E-state index contributed by atoms with van der Waals surface area (Å²) in [4.78, 5) is 5.81. The van der Waals surface area contributed by atoms with Crippen LogP contribution in [0.2, 0.25) is 0 Å². The molecule has 0 aromatic heterocycles. The van der Waals surface area contributed by atoms with Crippen LogP contribution in [0.3, 0.4) is 0 Å². The minimum Gasteiger partial charge on any atom is -0.299 e. The van der Waals surface area contributed by atoms with Crippen LogP contribution in [-0.2, 0) is 0 Å². The van der Waals surface area contributed by atoms with E-state index >= 15 is 0 Å². The van der Waals surface area contributed by atoms with Gasteiger partial charge >= 0.3 is 0 Å². The van der Waals surface area contributed by atoms with E-state index < -0.39 is 0 Å². The Bertz CT molecular complexity index is 359. The molecule has 2 aliphatic heterocycles. The minimum absolute atomic E-state index is 0.901. The van der Waals surface area contributed by atoms with Gasteiger partial charge in [0.05, 0.1) is 0 Å². The summed E-state index contributed by atoms with van der Waals surface area (Å²) in [6.45, 7) is 5.60. The molecule has 0 aromatic carbocycles. The standard InChI is InChI=1S/C19H32N2/c1-2-6-20(5-1)18-4-3-7-21(13-18)19-16-9-14-8-15(11-16)12-17(19)10-14/h14-19H,1-13H2. The van der Waals surface area contributed by atoms with E-state index in [0.717, 1.165) is 35.8 Å². The highest BCUT2D eigenvalue weighted by atomic mass is 15.3. The van der Waals surface area contributed by atoms with Gasteiger partial charge in [-0.25, -0.2) is 0 Å². The Hall–Kier alpha value is -0.0800. The molecular formula is C19H32N2.